The maximum Gasteiger partial charge on any atom is 0.131 e. The van der Waals surface area contributed by atoms with Crippen molar-refractivity contribution in [3.63, 3.8) is 0 Å². The zero-order valence-corrected chi connectivity index (χ0v) is 9.62. The van der Waals surface area contributed by atoms with Crippen LogP contribution in [0, 0.1) is 4.91 Å². The molecule has 0 amide bonds. The fraction of sp³-hybridized carbons (Fsp3) is 0.500. The first-order valence-electron chi connectivity index (χ1n) is 5.45. The third-order valence-electron chi connectivity index (χ3n) is 2.63. The van der Waals surface area contributed by atoms with Gasteiger partial charge in [0.2, 0.25) is 0 Å². The van der Waals surface area contributed by atoms with Crippen LogP contribution in [-0.4, -0.2) is 18.7 Å². The standard InChI is InChI=1S/C12H16N2O2/c1-12(2,14-15)8-16-10-4-3-9-5-6-13-11(9)7-10/h3-4,7,13H,5-6,8H2,1-2H3. The number of benzene rings is 1. The minimum absolute atomic E-state index is 0.301. The van der Waals surface area contributed by atoms with Crippen molar-refractivity contribution in [3.05, 3.63) is 28.7 Å². The topological polar surface area (TPSA) is 50.7 Å². The zero-order valence-electron chi connectivity index (χ0n) is 9.62. The maximum atomic E-state index is 10.5. The Morgan fingerprint density at radius 3 is 3.06 bits per heavy atom. The molecule has 16 heavy (non-hydrogen) atoms. The van der Waals surface area contributed by atoms with E-state index >= 15 is 0 Å². The largest absolute Gasteiger partial charge is 0.491 e. The molecule has 0 fully saturated rings. The Labute approximate surface area is 95.0 Å². The van der Waals surface area contributed by atoms with Crippen molar-refractivity contribution < 1.29 is 4.74 Å². The molecule has 4 nitrogen and oxygen atoms in total. The lowest BCUT2D eigenvalue weighted by atomic mass is 10.1. The number of nitrogens with zero attached hydrogens (tertiary/aromatic N) is 1. The smallest absolute Gasteiger partial charge is 0.131 e. The van der Waals surface area contributed by atoms with E-state index in [-0.39, 0.29) is 0 Å². The maximum absolute atomic E-state index is 10.5. The molecule has 0 aromatic heterocycles. The minimum Gasteiger partial charge on any atom is -0.491 e. The normalized spacial score (nSPS) is 14.1. The summed E-state index contributed by atoms with van der Waals surface area (Å²) < 4.78 is 5.55. The summed E-state index contributed by atoms with van der Waals surface area (Å²) in [5.74, 6) is 0.782. The number of hydrogen-bond donors (Lipinski definition) is 1. The van der Waals surface area contributed by atoms with Gasteiger partial charge in [0.25, 0.3) is 0 Å². The van der Waals surface area contributed by atoms with Gasteiger partial charge in [-0.05, 0) is 31.9 Å². The molecule has 1 aromatic carbocycles. The summed E-state index contributed by atoms with van der Waals surface area (Å²) >= 11 is 0. The van der Waals surface area contributed by atoms with E-state index in [0.29, 0.717) is 6.61 Å². The van der Waals surface area contributed by atoms with Gasteiger partial charge in [-0.2, -0.15) is 4.91 Å². The van der Waals surface area contributed by atoms with Gasteiger partial charge < -0.3 is 10.1 Å². The number of nitroso groups, excluding NO2 is 1. The molecule has 0 bridgehead atoms. The number of hydrogen-bond acceptors (Lipinski definition) is 4. The molecule has 86 valence electrons. The summed E-state index contributed by atoms with van der Waals surface area (Å²) in [5.41, 5.74) is 1.78. The number of rotatable bonds is 4. The molecule has 0 spiro atoms. The van der Waals surface area contributed by atoms with Crippen molar-refractivity contribution in [1.82, 2.24) is 0 Å². The first kappa shape index (κ1) is 10.9. The molecule has 1 aliphatic heterocycles. The van der Waals surface area contributed by atoms with E-state index < -0.39 is 5.54 Å². The fourth-order valence-electron chi connectivity index (χ4n) is 1.65. The van der Waals surface area contributed by atoms with Crippen LogP contribution in [-0.2, 0) is 6.42 Å². The molecular weight excluding hydrogens is 204 g/mol. The van der Waals surface area contributed by atoms with Crippen LogP contribution < -0.4 is 10.1 Å². The second-order valence-corrected chi connectivity index (χ2v) is 4.69. The lowest BCUT2D eigenvalue weighted by Gasteiger charge is -2.16. The van der Waals surface area contributed by atoms with Gasteiger partial charge in [-0.15, -0.1) is 0 Å². The second kappa shape index (κ2) is 4.12. The van der Waals surface area contributed by atoms with Gasteiger partial charge in [-0.3, -0.25) is 0 Å². The van der Waals surface area contributed by atoms with Gasteiger partial charge in [0.05, 0.1) is 0 Å². The number of anilines is 1. The van der Waals surface area contributed by atoms with Crippen LogP contribution in [0.2, 0.25) is 0 Å². The highest BCUT2D eigenvalue weighted by atomic mass is 16.5. The van der Waals surface area contributed by atoms with Crippen molar-refractivity contribution in [2.45, 2.75) is 25.8 Å². The fourth-order valence-corrected chi connectivity index (χ4v) is 1.65. The van der Waals surface area contributed by atoms with Crippen LogP contribution in [0.25, 0.3) is 0 Å². The third kappa shape index (κ3) is 2.32. The van der Waals surface area contributed by atoms with Gasteiger partial charge in [-0.25, -0.2) is 0 Å². The highest BCUT2D eigenvalue weighted by Gasteiger charge is 2.19. The Bertz CT molecular complexity index is 402. The molecule has 0 aliphatic carbocycles. The highest BCUT2D eigenvalue weighted by Crippen LogP contribution is 2.27. The van der Waals surface area contributed by atoms with Crippen molar-refractivity contribution in [3.8, 4) is 5.75 Å². The Morgan fingerprint density at radius 2 is 2.31 bits per heavy atom. The summed E-state index contributed by atoms with van der Waals surface area (Å²) in [6.07, 6.45) is 1.07. The number of nitrogens with one attached hydrogen (secondary N) is 1. The summed E-state index contributed by atoms with van der Waals surface area (Å²) in [6, 6.07) is 5.97. The van der Waals surface area contributed by atoms with Gasteiger partial charge in [0, 0.05) is 18.3 Å². The van der Waals surface area contributed by atoms with Gasteiger partial charge in [0.1, 0.15) is 17.9 Å². The van der Waals surface area contributed by atoms with Gasteiger partial charge in [0.15, 0.2) is 0 Å². The summed E-state index contributed by atoms with van der Waals surface area (Å²) in [5, 5.41) is 6.30. The van der Waals surface area contributed by atoms with E-state index in [1.165, 1.54) is 5.56 Å². The third-order valence-corrected chi connectivity index (χ3v) is 2.63. The van der Waals surface area contributed by atoms with Crippen LogP contribution in [0.3, 0.4) is 0 Å². The van der Waals surface area contributed by atoms with E-state index in [1.807, 2.05) is 12.1 Å². The molecule has 1 aliphatic rings. The molecule has 1 N–H and O–H groups in total. The summed E-state index contributed by atoms with van der Waals surface area (Å²) in [4.78, 5) is 10.5. The number of fused-ring (bicyclic) bond motifs is 1. The quantitative estimate of drug-likeness (QED) is 0.793. The van der Waals surface area contributed by atoms with Crippen LogP contribution in [0.15, 0.2) is 23.4 Å². The molecule has 4 heteroatoms. The molecule has 0 radical (unpaired) electrons. The van der Waals surface area contributed by atoms with Crippen LogP contribution in [0.1, 0.15) is 19.4 Å². The van der Waals surface area contributed by atoms with E-state index in [2.05, 4.69) is 16.6 Å². The summed E-state index contributed by atoms with van der Waals surface area (Å²) in [6.45, 7) is 4.80. The lowest BCUT2D eigenvalue weighted by Crippen LogP contribution is -2.25. The predicted molar refractivity (Wildman–Crippen MR) is 64.0 cm³/mol. The lowest BCUT2D eigenvalue weighted by molar-refractivity contribution is 0.243. The van der Waals surface area contributed by atoms with Gasteiger partial charge in [-0.1, -0.05) is 11.2 Å². The highest BCUT2D eigenvalue weighted by molar-refractivity contribution is 5.58. The second-order valence-electron chi connectivity index (χ2n) is 4.69. The molecule has 2 rings (SSSR count). The van der Waals surface area contributed by atoms with Crippen LogP contribution in [0.5, 0.6) is 5.75 Å². The van der Waals surface area contributed by atoms with Crippen molar-refractivity contribution in [2.75, 3.05) is 18.5 Å². The predicted octanol–water partition coefficient (Wildman–Crippen LogP) is 2.58. The molecule has 0 atom stereocenters. The van der Waals surface area contributed by atoms with Gasteiger partial charge >= 0.3 is 0 Å². The van der Waals surface area contributed by atoms with Crippen LogP contribution >= 0.6 is 0 Å². The first-order chi connectivity index (χ1) is 7.61. The molecule has 1 heterocycles. The Balaban J connectivity index is 2.03. The van der Waals surface area contributed by atoms with E-state index in [4.69, 9.17) is 4.74 Å². The average molecular weight is 220 g/mol. The molecule has 0 saturated carbocycles. The van der Waals surface area contributed by atoms with E-state index in [0.717, 1.165) is 24.4 Å². The van der Waals surface area contributed by atoms with Crippen molar-refractivity contribution >= 4 is 5.69 Å². The monoisotopic (exact) mass is 220 g/mol. The van der Waals surface area contributed by atoms with Crippen LogP contribution in [0.4, 0.5) is 5.69 Å². The van der Waals surface area contributed by atoms with E-state index in [1.54, 1.807) is 13.8 Å². The Morgan fingerprint density at radius 1 is 1.50 bits per heavy atom. The molecule has 1 aromatic rings. The molecule has 0 unspecified atom stereocenters. The van der Waals surface area contributed by atoms with Crippen molar-refractivity contribution in [2.24, 2.45) is 5.18 Å². The SMILES string of the molecule is CC(C)(COc1ccc2c(c1)NCC2)N=O. The summed E-state index contributed by atoms with van der Waals surface area (Å²) in [7, 11) is 0. The molecular formula is C12H16N2O2. The Kier molecular flexibility index (Phi) is 2.81. The zero-order chi connectivity index (χ0) is 11.6. The number of ether oxygens (including phenoxy) is 1. The minimum atomic E-state index is -0.674. The van der Waals surface area contributed by atoms with Crippen molar-refractivity contribution in [1.29, 1.82) is 0 Å². The Hall–Kier alpha value is -1.58. The van der Waals surface area contributed by atoms with E-state index in [9.17, 15) is 4.91 Å². The molecule has 0 saturated heterocycles. The average Bonchev–Trinajstić information content (AvgIpc) is 2.73. The first-order valence-corrected chi connectivity index (χ1v) is 5.45.